The Morgan fingerprint density at radius 1 is 1.19 bits per heavy atom. The van der Waals surface area contributed by atoms with E-state index in [9.17, 15) is 0 Å². The Labute approximate surface area is 103 Å². The van der Waals surface area contributed by atoms with Crippen molar-refractivity contribution in [2.45, 2.75) is 53.0 Å². The van der Waals surface area contributed by atoms with Crippen LogP contribution in [0.4, 0.5) is 5.69 Å². The molecule has 1 fully saturated rings. The summed E-state index contributed by atoms with van der Waals surface area (Å²) in [5, 5.41) is 8.03. The summed E-state index contributed by atoms with van der Waals surface area (Å²) in [7, 11) is 0. The molecule has 90 valence electrons. The molecule has 1 nitrogen and oxygen atoms in total. The maximum Gasteiger partial charge on any atom is 0.0450 e. The van der Waals surface area contributed by atoms with Gasteiger partial charge in [-0.1, -0.05) is 27.7 Å². The molecule has 0 spiro atoms. The van der Waals surface area contributed by atoms with Gasteiger partial charge in [0.25, 0.3) is 0 Å². The number of hydrogen-bond donors (Lipinski definition) is 1. The standard InChI is InChI=1S/C14H23NS/c1-13(2)7-12(8-14(3,4)10-13)15-11-5-6-16-9-11/h5-6,9,12,15H,7-8,10H2,1-4H3. The van der Waals surface area contributed by atoms with Crippen LogP contribution >= 0.6 is 11.3 Å². The quantitative estimate of drug-likeness (QED) is 0.781. The third-order valence-electron chi connectivity index (χ3n) is 3.45. The van der Waals surface area contributed by atoms with Crippen LogP contribution in [0.1, 0.15) is 47.0 Å². The van der Waals surface area contributed by atoms with Crippen molar-refractivity contribution in [1.82, 2.24) is 0 Å². The fourth-order valence-electron chi connectivity index (χ4n) is 3.53. The fourth-order valence-corrected chi connectivity index (χ4v) is 4.13. The molecule has 0 bridgehead atoms. The van der Waals surface area contributed by atoms with Crippen LogP contribution in [0.3, 0.4) is 0 Å². The van der Waals surface area contributed by atoms with Crippen LogP contribution in [-0.4, -0.2) is 6.04 Å². The molecule has 1 aromatic heterocycles. The third-order valence-corrected chi connectivity index (χ3v) is 4.13. The molecule has 0 atom stereocenters. The van der Waals surface area contributed by atoms with E-state index in [2.05, 4.69) is 49.8 Å². The second kappa shape index (κ2) is 4.06. The van der Waals surface area contributed by atoms with Crippen LogP contribution in [-0.2, 0) is 0 Å². The van der Waals surface area contributed by atoms with Gasteiger partial charge in [0.05, 0.1) is 0 Å². The first-order valence-corrected chi connectivity index (χ1v) is 7.09. The highest BCUT2D eigenvalue weighted by atomic mass is 32.1. The number of nitrogens with one attached hydrogen (secondary N) is 1. The molecule has 0 aliphatic heterocycles. The van der Waals surface area contributed by atoms with E-state index in [4.69, 9.17) is 0 Å². The van der Waals surface area contributed by atoms with Crippen LogP contribution in [0.25, 0.3) is 0 Å². The Kier molecular flexibility index (Phi) is 3.04. The normalized spacial score (nSPS) is 24.2. The number of thiophene rings is 1. The van der Waals surface area contributed by atoms with Crippen molar-refractivity contribution >= 4 is 17.0 Å². The van der Waals surface area contributed by atoms with Crippen LogP contribution in [0, 0.1) is 10.8 Å². The molecule has 1 aromatic rings. The van der Waals surface area contributed by atoms with Gasteiger partial charge >= 0.3 is 0 Å². The lowest BCUT2D eigenvalue weighted by atomic mass is 9.63. The van der Waals surface area contributed by atoms with Crippen molar-refractivity contribution in [3.05, 3.63) is 16.8 Å². The van der Waals surface area contributed by atoms with Crippen LogP contribution in [0.15, 0.2) is 16.8 Å². The first kappa shape index (κ1) is 12.0. The average molecular weight is 237 g/mol. The highest BCUT2D eigenvalue weighted by Crippen LogP contribution is 2.46. The first-order chi connectivity index (χ1) is 7.36. The summed E-state index contributed by atoms with van der Waals surface area (Å²) in [6.45, 7) is 9.60. The maximum absolute atomic E-state index is 3.68. The number of rotatable bonds is 2. The minimum absolute atomic E-state index is 0.468. The van der Waals surface area contributed by atoms with Gasteiger partial charge in [-0.25, -0.2) is 0 Å². The van der Waals surface area contributed by atoms with Gasteiger partial charge in [0.15, 0.2) is 0 Å². The molecule has 1 heterocycles. The molecule has 2 heteroatoms. The van der Waals surface area contributed by atoms with E-state index >= 15 is 0 Å². The zero-order valence-electron chi connectivity index (χ0n) is 10.8. The largest absolute Gasteiger partial charge is 0.382 e. The van der Waals surface area contributed by atoms with Gasteiger partial charge in [-0.05, 0) is 41.5 Å². The van der Waals surface area contributed by atoms with Gasteiger partial charge in [0.2, 0.25) is 0 Å². The fraction of sp³-hybridized carbons (Fsp3) is 0.714. The smallest absolute Gasteiger partial charge is 0.0450 e. The van der Waals surface area contributed by atoms with E-state index in [1.807, 2.05) is 0 Å². The lowest BCUT2D eigenvalue weighted by molar-refractivity contribution is 0.105. The highest BCUT2D eigenvalue weighted by Gasteiger charge is 2.38. The summed E-state index contributed by atoms with van der Waals surface area (Å²) < 4.78 is 0. The molecule has 0 unspecified atom stereocenters. The molecule has 16 heavy (non-hydrogen) atoms. The summed E-state index contributed by atoms with van der Waals surface area (Å²) in [5.74, 6) is 0. The molecule has 2 rings (SSSR count). The Hall–Kier alpha value is -0.500. The van der Waals surface area contributed by atoms with Gasteiger partial charge in [-0.2, -0.15) is 11.3 Å². The van der Waals surface area contributed by atoms with Crippen LogP contribution < -0.4 is 5.32 Å². The van der Waals surface area contributed by atoms with Gasteiger partial charge in [0, 0.05) is 17.1 Å². The van der Waals surface area contributed by atoms with Crippen molar-refractivity contribution in [3.8, 4) is 0 Å². The molecule has 0 aromatic carbocycles. The number of anilines is 1. The lowest BCUT2D eigenvalue weighted by Crippen LogP contribution is -2.40. The van der Waals surface area contributed by atoms with Crippen molar-refractivity contribution in [2.75, 3.05) is 5.32 Å². The van der Waals surface area contributed by atoms with Crippen molar-refractivity contribution in [3.63, 3.8) is 0 Å². The summed E-state index contributed by atoms with van der Waals surface area (Å²) in [4.78, 5) is 0. The first-order valence-electron chi connectivity index (χ1n) is 6.15. The average Bonchev–Trinajstić information content (AvgIpc) is 2.49. The molecule has 1 N–H and O–H groups in total. The SMILES string of the molecule is CC1(C)CC(Nc2ccsc2)CC(C)(C)C1. The third kappa shape index (κ3) is 3.00. The Morgan fingerprint density at radius 3 is 2.31 bits per heavy atom. The topological polar surface area (TPSA) is 12.0 Å². The molecule has 1 aliphatic rings. The second-order valence-corrected chi connectivity index (χ2v) is 7.55. The minimum Gasteiger partial charge on any atom is -0.382 e. The van der Waals surface area contributed by atoms with E-state index in [1.54, 1.807) is 11.3 Å². The summed E-state index contributed by atoms with van der Waals surface area (Å²) >= 11 is 1.77. The molecule has 0 amide bonds. The zero-order chi connectivity index (χ0) is 11.8. The van der Waals surface area contributed by atoms with E-state index in [1.165, 1.54) is 24.9 Å². The monoisotopic (exact) mass is 237 g/mol. The van der Waals surface area contributed by atoms with E-state index in [0.717, 1.165) is 0 Å². The zero-order valence-corrected chi connectivity index (χ0v) is 11.7. The van der Waals surface area contributed by atoms with E-state index in [0.29, 0.717) is 16.9 Å². The molecular formula is C14H23NS. The van der Waals surface area contributed by atoms with Gasteiger partial charge < -0.3 is 5.32 Å². The second-order valence-electron chi connectivity index (χ2n) is 6.77. The molecule has 0 radical (unpaired) electrons. The van der Waals surface area contributed by atoms with Crippen molar-refractivity contribution in [1.29, 1.82) is 0 Å². The molecule has 0 saturated heterocycles. The molecular weight excluding hydrogens is 214 g/mol. The van der Waals surface area contributed by atoms with Crippen molar-refractivity contribution in [2.24, 2.45) is 10.8 Å². The predicted octanol–water partition coefficient (Wildman–Crippen LogP) is 4.76. The van der Waals surface area contributed by atoms with Crippen molar-refractivity contribution < 1.29 is 0 Å². The maximum atomic E-state index is 3.68. The Bertz CT molecular complexity index is 322. The highest BCUT2D eigenvalue weighted by molar-refractivity contribution is 7.08. The molecule has 1 aliphatic carbocycles. The van der Waals surface area contributed by atoms with E-state index < -0.39 is 0 Å². The van der Waals surface area contributed by atoms with Crippen LogP contribution in [0.2, 0.25) is 0 Å². The van der Waals surface area contributed by atoms with Gasteiger partial charge in [-0.15, -0.1) is 0 Å². The summed E-state index contributed by atoms with van der Waals surface area (Å²) in [6, 6.07) is 2.81. The van der Waals surface area contributed by atoms with Crippen LogP contribution in [0.5, 0.6) is 0 Å². The Morgan fingerprint density at radius 2 is 1.81 bits per heavy atom. The van der Waals surface area contributed by atoms with Gasteiger partial charge in [0.1, 0.15) is 0 Å². The molecule has 1 saturated carbocycles. The lowest BCUT2D eigenvalue weighted by Gasteiger charge is -2.45. The predicted molar refractivity (Wildman–Crippen MR) is 73.1 cm³/mol. The minimum atomic E-state index is 0.468. The number of hydrogen-bond acceptors (Lipinski definition) is 2. The summed E-state index contributed by atoms with van der Waals surface area (Å²) in [6.07, 6.45) is 3.90. The van der Waals surface area contributed by atoms with Gasteiger partial charge in [-0.3, -0.25) is 0 Å². The summed E-state index contributed by atoms with van der Waals surface area (Å²) in [5.41, 5.74) is 2.23. The van der Waals surface area contributed by atoms with E-state index in [-0.39, 0.29) is 0 Å². The Balaban J connectivity index is 2.05.